The molecule has 0 heterocycles. The van der Waals surface area contributed by atoms with Crippen LogP contribution in [0, 0.1) is 23.2 Å². The van der Waals surface area contributed by atoms with Gasteiger partial charge in [-0.1, -0.05) is 19.1 Å². The molecule has 0 saturated heterocycles. The lowest BCUT2D eigenvalue weighted by Crippen LogP contribution is -1.99. The van der Waals surface area contributed by atoms with Crippen molar-refractivity contribution in [2.45, 2.75) is 13.3 Å². The number of nitrogens with zero attached hydrogens (tertiary/aromatic N) is 1. The van der Waals surface area contributed by atoms with Crippen LogP contribution in [0.1, 0.15) is 13.3 Å². The SMILES string of the molecule is C[C@H]1C=CC[C@H]1C#N. The van der Waals surface area contributed by atoms with E-state index in [1.165, 1.54) is 0 Å². The summed E-state index contributed by atoms with van der Waals surface area (Å²) in [7, 11) is 0. The smallest absolute Gasteiger partial charge is 0.0665 e. The fourth-order valence-electron chi connectivity index (χ4n) is 0.959. The van der Waals surface area contributed by atoms with Crippen LogP contribution in [0.15, 0.2) is 12.2 Å². The van der Waals surface area contributed by atoms with Crippen LogP contribution in [0.4, 0.5) is 0 Å². The van der Waals surface area contributed by atoms with E-state index in [9.17, 15) is 0 Å². The van der Waals surface area contributed by atoms with Gasteiger partial charge >= 0.3 is 0 Å². The summed E-state index contributed by atoms with van der Waals surface area (Å²) >= 11 is 0. The number of nitriles is 1. The molecule has 1 aliphatic carbocycles. The number of rotatable bonds is 0. The summed E-state index contributed by atoms with van der Waals surface area (Å²) in [6, 6.07) is 2.25. The molecule has 1 nitrogen and oxygen atoms in total. The zero-order chi connectivity index (χ0) is 5.98. The molecular formula is C7H9N. The standard InChI is InChI=1S/C7H9N/c1-6-3-2-4-7(6)5-8/h2-3,6-7H,4H2,1H3/t6-,7-/m0/s1. The highest BCUT2D eigenvalue weighted by Crippen LogP contribution is 2.22. The largest absolute Gasteiger partial charge is 0.198 e. The van der Waals surface area contributed by atoms with Crippen molar-refractivity contribution in [2.24, 2.45) is 11.8 Å². The van der Waals surface area contributed by atoms with E-state index in [1.807, 2.05) is 0 Å². The Labute approximate surface area is 49.6 Å². The van der Waals surface area contributed by atoms with Gasteiger partial charge in [-0.05, 0) is 12.3 Å². The molecule has 0 aromatic heterocycles. The van der Waals surface area contributed by atoms with Crippen molar-refractivity contribution in [3.05, 3.63) is 12.2 Å². The normalized spacial score (nSPS) is 35.0. The predicted molar refractivity (Wildman–Crippen MR) is 32.0 cm³/mol. The topological polar surface area (TPSA) is 23.8 Å². The van der Waals surface area contributed by atoms with E-state index < -0.39 is 0 Å². The molecule has 1 rings (SSSR count). The van der Waals surface area contributed by atoms with Gasteiger partial charge in [-0.25, -0.2) is 0 Å². The summed E-state index contributed by atoms with van der Waals surface area (Å²) in [5, 5.41) is 8.45. The van der Waals surface area contributed by atoms with Crippen molar-refractivity contribution in [2.75, 3.05) is 0 Å². The summed E-state index contributed by atoms with van der Waals surface area (Å²) < 4.78 is 0. The molecule has 1 heteroatoms. The molecule has 0 fully saturated rings. The van der Waals surface area contributed by atoms with Gasteiger partial charge in [-0.3, -0.25) is 0 Å². The Balaban J connectivity index is 2.54. The maximum Gasteiger partial charge on any atom is 0.0665 e. The lowest BCUT2D eigenvalue weighted by molar-refractivity contribution is 0.566. The lowest BCUT2D eigenvalue weighted by atomic mass is 10.00. The Morgan fingerprint density at radius 2 is 2.50 bits per heavy atom. The van der Waals surface area contributed by atoms with Crippen molar-refractivity contribution >= 4 is 0 Å². The number of hydrogen-bond donors (Lipinski definition) is 0. The molecule has 0 amide bonds. The molecule has 2 atom stereocenters. The highest BCUT2D eigenvalue weighted by atomic mass is 14.3. The van der Waals surface area contributed by atoms with Crippen LogP contribution in [0.5, 0.6) is 0 Å². The van der Waals surface area contributed by atoms with E-state index in [0.29, 0.717) is 5.92 Å². The molecule has 0 aliphatic heterocycles. The second-order valence-electron chi connectivity index (χ2n) is 2.26. The van der Waals surface area contributed by atoms with Gasteiger partial charge in [0.2, 0.25) is 0 Å². The average Bonchev–Trinajstić information content (AvgIpc) is 2.14. The van der Waals surface area contributed by atoms with Crippen molar-refractivity contribution in [1.82, 2.24) is 0 Å². The van der Waals surface area contributed by atoms with E-state index in [2.05, 4.69) is 25.1 Å². The minimum absolute atomic E-state index is 0.259. The zero-order valence-electron chi connectivity index (χ0n) is 4.96. The molecule has 0 spiro atoms. The Kier molecular flexibility index (Phi) is 1.34. The summed E-state index contributed by atoms with van der Waals surface area (Å²) in [5.74, 6) is 0.745. The van der Waals surface area contributed by atoms with Gasteiger partial charge in [0, 0.05) is 0 Å². The van der Waals surface area contributed by atoms with Crippen LogP contribution in [0.2, 0.25) is 0 Å². The summed E-state index contributed by atoms with van der Waals surface area (Å²) in [5.41, 5.74) is 0. The van der Waals surface area contributed by atoms with E-state index in [-0.39, 0.29) is 5.92 Å². The highest BCUT2D eigenvalue weighted by Gasteiger charge is 2.16. The fraction of sp³-hybridized carbons (Fsp3) is 0.571. The third kappa shape index (κ3) is 0.742. The molecule has 42 valence electrons. The van der Waals surface area contributed by atoms with Crippen molar-refractivity contribution in [3.8, 4) is 6.07 Å². The lowest BCUT2D eigenvalue weighted by Gasteiger charge is -2.01. The first kappa shape index (κ1) is 5.37. The molecule has 0 bridgehead atoms. The Morgan fingerprint density at radius 3 is 2.75 bits per heavy atom. The van der Waals surface area contributed by atoms with Gasteiger partial charge in [0.25, 0.3) is 0 Å². The van der Waals surface area contributed by atoms with E-state index in [1.54, 1.807) is 0 Å². The predicted octanol–water partition coefficient (Wildman–Crippen LogP) is 1.72. The van der Waals surface area contributed by atoms with Crippen LogP contribution < -0.4 is 0 Å². The molecule has 0 N–H and O–H groups in total. The maximum absolute atomic E-state index is 8.45. The molecular weight excluding hydrogens is 98.1 g/mol. The van der Waals surface area contributed by atoms with Crippen molar-refractivity contribution < 1.29 is 0 Å². The van der Waals surface area contributed by atoms with Gasteiger partial charge < -0.3 is 0 Å². The third-order valence-corrected chi connectivity index (χ3v) is 1.63. The summed E-state index contributed by atoms with van der Waals surface area (Å²) in [4.78, 5) is 0. The highest BCUT2D eigenvalue weighted by molar-refractivity contribution is 5.06. The van der Waals surface area contributed by atoms with Crippen LogP contribution in [-0.4, -0.2) is 0 Å². The second-order valence-corrected chi connectivity index (χ2v) is 2.26. The van der Waals surface area contributed by atoms with Gasteiger partial charge in [-0.2, -0.15) is 5.26 Å². The minimum Gasteiger partial charge on any atom is -0.198 e. The number of hydrogen-bond acceptors (Lipinski definition) is 1. The maximum atomic E-state index is 8.45. The Morgan fingerprint density at radius 1 is 1.75 bits per heavy atom. The second kappa shape index (κ2) is 2.00. The quantitative estimate of drug-likeness (QED) is 0.432. The number of allylic oxidation sites excluding steroid dienone is 2. The molecule has 0 saturated carbocycles. The average molecular weight is 107 g/mol. The van der Waals surface area contributed by atoms with Crippen molar-refractivity contribution in [3.63, 3.8) is 0 Å². The molecule has 0 unspecified atom stereocenters. The first-order chi connectivity index (χ1) is 3.84. The van der Waals surface area contributed by atoms with Gasteiger partial charge in [0.05, 0.1) is 12.0 Å². The minimum atomic E-state index is 0.259. The van der Waals surface area contributed by atoms with E-state index in [4.69, 9.17) is 5.26 Å². The first-order valence-electron chi connectivity index (χ1n) is 2.91. The van der Waals surface area contributed by atoms with Gasteiger partial charge in [0.1, 0.15) is 0 Å². The third-order valence-electron chi connectivity index (χ3n) is 1.63. The van der Waals surface area contributed by atoms with Crippen LogP contribution in [0.25, 0.3) is 0 Å². The van der Waals surface area contributed by atoms with Gasteiger partial charge in [0.15, 0.2) is 0 Å². The molecule has 8 heavy (non-hydrogen) atoms. The van der Waals surface area contributed by atoms with Gasteiger partial charge in [-0.15, -0.1) is 0 Å². The summed E-state index contributed by atoms with van der Waals surface area (Å²) in [6.45, 7) is 2.08. The molecule has 0 radical (unpaired) electrons. The van der Waals surface area contributed by atoms with Crippen molar-refractivity contribution in [1.29, 1.82) is 5.26 Å². The Hall–Kier alpha value is -0.770. The van der Waals surface area contributed by atoms with E-state index in [0.717, 1.165) is 6.42 Å². The molecule has 0 aromatic carbocycles. The molecule has 1 aliphatic rings. The first-order valence-corrected chi connectivity index (χ1v) is 2.91. The van der Waals surface area contributed by atoms with Crippen LogP contribution >= 0.6 is 0 Å². The van der Waals surface area contributed by atoms with Crippen LogP contribution in [-0.2, 0) is 0 Å². The summed E-state index contributed by atoms with van der Waals surface area (Å²) in [6.07, 6.45) is 5.14. The monoisotopic (exact) mass is 107 g/mol. The fourth-order valence-corrected chi connectivity index (χ4v) is 0.959. The Bertz CT molecular complexity index is 141. The molecule has 0 aromatic rings. The zero-order valence-corrected chi connectivity index (χ0v) is 4.96. The van der Waals surface area contributed by atoms with E-state index >= 15 is 0 Å². The van der Waals surface area contributed by atoms with Crippen LogP contribution in [0.3, 0.4) is 0 Å².